The zero-order chi connectivity index (χ0) is 15.9. The minimum Gasteiger partial charge on any atom is -0.507 e. The SMILES string of the molecule is CCN=CC(C(=O)OC)=C(O)C=Cc1ccc2c(c1)OCO2. The Labute approximate surface area is 128 Å². The molecule has 6 nitrogen and oxygen atoms in total. The molecule has 1 aromatic rings. The number of methoxy groups -OCH3 is 1. The lowest BCUT2D eigenvalue weighted by molar-refractivity contribution is -0.135. The monoisotopic (exact) mass is 303 g/mol. The van der Waals surface area contributed by atoms with Crippen LogP contribution in [0.2, 0.25) is 0 Å². The molecule has 1 aromatic carbocycles. The van der Waals surface area contributed by atoms with Crippen molar-refractivity contribution in [2.24, 2.45) is 4.99 Å². The van der Waals surface area contributed by atoms with Gasteiger partial charge in [-0.3, -0.25) is 4.99 Å². The molecule has 1 heterocycles. The van der Waals surface area contributed by atoms with Gasteiger partial charge >= 0.3 is 5.97 Å². The Morgan fingerprint density at radius 1 is 1.41 bits per heavy atom. The molecule has 0 aromatic heterocycles. The number of fused-ring (bicyclic) bond motifs is 1. The number of carbonyl (C=O) groups is 1. The molecule has 0 fully saturated rings. The highest BCUT2D eigenvalue weighted by Gasteiger charge is 2.13. The van der Waals surface area contributed by atoms with E-state index in [0.29, 0.717) is 18.0 Å². The minimum atomic E-state index is -0.648. The molecule has 0 saturated carbocycles. The Morgan fingerprint density at radius 2 is 2.18 bits per heavy atom. The molecule has 2 rings (SSSR count). The van der Waals surface area contributed by atoms with Gasteiger partial charge < -0.3 is 19.3 Å². The fourth-order valence-corrected chi connectivity index (χ4v) is 1.80. The molecule has 0 spiro atoms. The summed E-state index contributed by atoms with van der Waals surface area (Å²) in [6.07, 6.45) is 4.36. The molecular weight excluding hydrogens is 286 g/mol. The predicted molar refractivity (Wildman–Crippen MR) is 82.3 cm³/mol. The second-order valence-electron chi connectivity index (χ2n) is 4.36. The molecule has 116 valence electrons. The Balaban J connectivity index is 2.23. The van der Waals surface area contributed by atoms with Crippen LogP contribution in [0.1, 0.15) is 12.5 Å². The summed E-state index contributed by atoms with van der Waals surface area (Å²) in [6.45, 7) is 2.53. The third kappa shape index (κ3) is 3.66. The van der Waals surface area contributed by atoms with Crippen molar-refractivity contribution >= 4 is 18.3 Å². The van der Waals surface area contributed by atoms with Gasteiger partial charge in [0.1, 0.15) is 11.3 Å². The van der Waals surface area contributed by atoms with E-state index < -0.39 is 5.97 Å². The third-order valence-corrected chi connectivity index (χ3v) is 2.91. The highest BCUT2D eigenvalue weighted by Crippen LogP contribution is 2.32. The predicted octanol–water partition coefficient (Wildman–Crippen LogP) is 2.50. The van der Waals surface area contributed by atoms with E-state index in [0.717, 1.165) is 5.56 Å². The van der Waals surface area contributed by atoms with Crippen LogP contribution in [-0.2, 0) is 9.53 Å². The summed E-state index contributed by atoms with van der Waals surface area (Å²) < 4.78 is 15.1. The number of esters is 1. The number of aliphatic hydroxyl groups is 1. The molecule has 0 bridgehead atoms. The second kappa shape index (κ2) is 7.31. The van der Waals surface area contributed by atoms with Crippen molar-refractivity contribution < 1.29 is 24.1 Å². The molecule has 22 heavy (non-hydrogen) atoms. The van der Waals surface area contributed by atoms with Crippen LogP contribution >= 0.6 is 0 Å². The summed E-state index contributed by atoms with van der Waals surface area (Å²) in [6, 6.07) is 5.38. The summed E-state index contributed by atoms with van der Waals surface area (Å²) in [5, 5.41) is 10.0. The van der Waals surface area contributed by atoms with Gasteiger partial charge in [-0.15, -0.1) is 0 Å². The number of nitrogens with zero attached hydrogens (tertiary/aromatic N) is 1. The number of aliphatic hydroxyl groups excluding tert-OH is 1. The van der Waals surface area contributed by atoms with Gasteiger partial charge in [0.25, 0.3) is 0 Å². The van der Waals surface area contributed by atoms with Gasteiger partial charge in [-0.2, -0.15) is 0 Å². The van der Waals surface area contributed by atoms with Crippen molar-refractivity contribution in [1.29, 1.82) is 0 Å². The molecule has 1 N–H and O–H groups in total. The largest absolute Gasteiger partial charge is 0.507 e. The Hall–Kier alpha value is -2.76. The van der Waals surface area contributed by atoms with E-state index in [1.807, 2.05) is 13.0 Å². The number of hydrogen-bond acceptors (Lipinski definition) is 6. The topological polar surface area (TPSA) is 77.4 Å². The number of aliphatic imine (C=N–C) groups is 1. The smallest absolute Gasteiger partial charge is 0.343 e. The van der Waals surface area contributed by atoms with Crippen molar-refractivity contribution in [3.8, 4) is 11.5 Å². The zero-order valence-corrected chi connectivity index (χ0v) is 12.4. The van der Waals surface area contributed by atoms with Crippen molar-refractivity contribution in [2.75, 3.05) is 20.4 Å². The van der Waals surface area contributed by atoms with Gasteiger partial charge in [-0.25, -0.2) is 4.79 Å². The van der Waals surface area contributed by atoms with Crippen LogP contribution in [0.15, 0.2) is 40.6 Å². The van der Waals surface area contributed by atoms with E-state index in [2.05, 4.69) is 9.73 Å². The first-order valence-electron chi connectivity index (χ1n) is 6.74. The van der Waals surface area contributed by atoms with Crippen molar-refractivity contribution in [3.63, 3.8) is 0 Å². The number of hydrogen-bond donors (Lipinski definition) is 1. The van der Waals surface area contributed by atoms with Crippen LogP contribution in [0.4, 0.5) is 0 Å². The Bertz CT molecular complexity index is 646. The fraction of sp³-hybridized carbons (Fsp3) is 0.250. The molecular formula is C16H17NO5. The number of carbonyl (C=O) groups excluding carboxylic acids is 1. The Morgan fingerprint density at radius 3 is 2.91 bits per heavy atom. The van der Waals surface area contributed by atoms with Crippen molar-refractivity contribution in [3.05, 3.63) is 41.2 Å². The second-order valence-corrected chi connectivity index (χ2v) is 4.36. The molecule has 0 saturated heterocycles. The minimum absolute atomic E-state index is 0.00124. The van der Waals surface area contributed by atoms with Crippen LogP contribution in [0.5, 0.6) is 11.5 Å². The number of rotatable bonds is 5. The maximum Gasteiger partial charge on any atom is 0.343 e. The van der Waals surface area contributed by atoms with Gasteiger partial charge in [0, 0.05) is 12.8 Å². The normalized spacial score (nSPS) is 14.5. The van der Waals surface area contributed by atoms with E-state index in [1.165, 1.54) is 19.4 Å². The maximum absolute atomic E-state index is 11.6. The number of benzene rings is 1. The number of allylic oxidation sites excluding steroid dienone is 1. The van der Waals surface area contributed by atoms with Gasteiger partial charge in [-0.1, -0.05) is 12.1 Å². The van der Waals surface area contributed by atoms with Crippen LogP contribution in [0.25, 0.3) is 6.08 Å². The van der Waals surface area contributed by atoms with E-state index in [9.17, 15) is 9.90 Å². The number of ether oxygens (including phenoxy) is 3. The van der Waals surface area contributed by atoms with Crippen LogP contribution in [0.3, 0.4) is 0 Å². The molecule has 0 atom stereocenters. The average molecular weight is 303 g/mol. The summed E-state index contributed by atoms with van der Waals surface area (Å²) in [5.74, 6) is 0.459. The molecule has 0 amide bonds. The molecule has 1 aliphatic heterocycles. The molecule has 0 unspecified atom stereocenters. The van der Waals surface area contributed by atoms with Crippen LogP contribution in [0, 0.1) is 0 Å². The lowest BCUT2D eigenvalue weighted by atomic mass is 10.1. The highest BCUT2D eigenvalue weighted by atomic mass is 16.7. The van der Waals surface area contributed by atoms with Gasteiger partial charge in [0.15, 0.2) is 11.5 Å². The van der Waals surface area contributed by atoms with E-state index in [4.69, 9.17) is 9.47 Å². The molecule has 6 heteroatoms. The zero-order valence-electron chi connectivity index (χ0n) is 12.4. The summed E-state index contributed by atoms with van der Waals surface area (Å²) in [7, 11) is 1.25. The van der Waals surface area contributed by atoms with Crippen LogP contribution < -0.4 is 9.47 Å². The molecule has 1 aliphatic rings. The third-order valence-electron chi connectivity index (χ3n) is 2.91. The van der Waals surface area contributed by atoms with E-state index in [-0.39, 0.29) is 18.1 Å². The van der Waals surface area contributed by atoms with Crippen LogP contribution in [-0.4, -0.2) is 37.7 Å². The molecule has 0 radical (unpaired) electrons. The van der Waals surface area contributed by atoms with Gasteiger partial charge in [-0.05, 0) is 30.7 Å². The maximum atomic E-state index is 11.6. The standard InChI is InChI=1S/C16H17NO5/c1-3-17-9-12(16(19)20-2)13(18)6-4-11-5-7-14-15(8-11)22-10-21-14/h4-9,18H,3,10H2,1-2H3. The lowest BCUT2D eigenvalue weighted by Gasteiger charge is -2.02. The van der Waals surface area contributed by atoms with E-state index in [1.54, 1.807) is 18.2 Å². The quantitative estimate of drug-likeness (QED) is 0.297. The Kier molecular flexibility index (Phi) is 5.19. The lowest BCUT2D eigenvalue weighted by Crippen LogP contribution is -2.08. The summed E-state index contributed by atoms with van der Waals surface area (Å²) in [5.41, 5.74) is 0.800. The average Bonchev–Trinajstić information content (AvgIpc) is 3.00. The highest BCUT2D eigenvalue weighted by molar-refractivity contribution is 6.10. The fourth-order valence-electron chi connectivity index (χ4n) is 1.80. The first-order chi connectivity index (χ1) is 10.7. The first kappa shape index (κ1) is 15.6. The summed E-state index contributed by atoms with van der Waals surface area (Å²) in [4.78, 5) is 15.6. The van der Waals surface area contributed by atoms with Gasteiger partial charge in [0.05, 0.1) is 7.11 Å². The molecule has 0 aliphatic carbocycles. The summed E-state index contributed by atoms with van der Waals surface area (Å²) >= 11 is 0. The van der Waals surface area contributed by atoms with Gasteiger partial charge in [0.2, 0.25) is 6.79 Å². The van der Waals surface area contributed by atoms with E-state index >= 15 is 0 Å². The van der Waals surface area contributed by atoms with Crippen molar-refractivity contribution in [1.82, 2.24) is 0 Å². The first-order valence-corrected chi connectivity index (χ1v) is 6.74. The van der Waals surface area contributed by atoms with Crippen molar-refractivity contribution in [2.45, 2.75) is 6.92 Å².